The van der Waals surface area contributed by atoms with Crippen molar-refractivity contribution in [2.24, 2.45) is 0 Å². The van der Waals surface area contributed by atoms with Gasteiger partial charge in [0.2, 0.25) is 11.8 Å². The monoisotopic (exact) mass is 649 g/mol. The summed E-state index contributed by atoms with van der Waals surface area (Å²) in [4.78, 5) is 63.0. The lowest BCUT2D eigenvalue weighted by Gasteiger charge is -2.34. The van der Waals surface area contributed by atoms with Crippen molar-refractivity contribution in [1.29, 1.82) is 0 Å². The molecule has 0 saturated carbocycles. The minimum Gasteiger partial charge on any atom is -0.444 e. The van der Waals surface area contributed by atoms with Gasteiger partial charge >= 0.3 is 6.09 Å². The van der Waals surface area contributed by atoms with Crippen LogP contribution in [-0.2, 0) is 35.7 Å². The topological polar surface area (TPSA) is 172 Å². The number of amides is 5. The molecule has 1 aromatic rings. The van der Waals surface area contributed by atoms with Gasteiger partial charge < -0.3 is 14.8 Å². The Balaban J connectivity index is 1.17. The van der Waals surface area contributed by atoms with Crippen molar-refractivity contribution >= 4 is 39.9 Å². The Labute approximate surface area is 263 Å². The lowest BCUT2D eigenvalue weighted by Crippen LogP contribution is -2.54. The molecule has 2 N–H and O–H groups in total. The Morgan fingerprint density at radius 1 is 1.04 bits per heavy atom. The first-order chi connectivity index (χ1) is 21.2. The summed E-state index contributed by atoms with van der Waals surface area (Å²) in [6.07, 6.45) is 2.17. The van der Waals surface area contributed by atoms with Crippen molar-refractivity contribution in [3.63, 3.8) is 0 Å². The van der Waals surface area contributed by atoms with Gasteiger partial charge in [-0.15, -0.1) is 0 Å². The van der Waals surface area contributed by atoms with Gasteiger partial charge in [-0.1, -0.05) is 12.1 Å². The van der Waals surface area contributed by atoms with E-state index in [0.29, 0.717) is 64.0 Å². The van der Waals surface area contributed by atoms with Gasteiger partial charge in [0.15, 0.2) is 0 Å². The molecule has 2 fully saturated rings. The molecule has 0 aromatic heterocycles. The summed E-state index contributed by atoms with van der Waals surface area (Å²) >= 11 is 0. The standard InChI is InChI=1S/C30H43N5O9S/c1-30(2,3)44-29(40)31-21-13-16-34(17-14-21)45(41,42)33(4)15-7-19-43-18-6-9-20-8-5-10-22-25(20)28(39)35(27(22)38)23-11-12-24(36)32-26(23)37/h5,8,10,21,23H,6-7,9,11-19H2,1-4H3,(H,31,40)(H,32,36,37). The fraction of sp³-hybridized carbons (Fsp3) is 0.633. The van der Waals surface area contributed by atoms with E-state index in [1.807, 2.05) is 0 Å². The summed E-state index contributed by atoms with van der Waals surface area (Å²) in [7, 11) is -2.11. The quantitative estimate of drug-likeness (QED) is 0.252. The number of rotatable bonds is 12. The molecule has 1 atom stereocenters. The number of carbonyl (C=O) groups is 5. The van der Waals surface area contributed by atoms with Crippen LogP contribution in [-0.4, -0.2) is 109 Å². The predicted octanol–water partition coefficient (Wildman–Crippen LogP) is 1.59. The predicted molar refractivity (Wildman–Crippen MR) is 162 cm³/mol. The zero-order chi connectivity index (χ0) is 32.9. The van der Waals surface area contributed by atoms with E-state index in [1.54, 1.807) is 39.0 Å². The van der Waals surface area contributed by atoms with Gasteiger partial charge in [-0.3, -0.25) is 29.4 Å². The first-order valence-electron chi connectivity index (χ1n) is 15.3. The van der Waals surface area contributed by atoms with E-state index in [2.05, 4.69) is 10.6 Å². The second-order valence-electron chi connectivity index (χ2n) is 12.5. The lowest BCUT2D eigenvalue weighted by atomic mass is 9.99. The van der Waals surface area contributed by atoms with Gasteiger partial charge in [-0.2, -0.15) is 17.0 Å². The summed E-state index contributed by atoms with van der Waals surface area (Å²) < 4.78 is 39.8. The molecular formula is C30H43N5O9S. The molecule has 5 amide bonds. The van der Waals surface area contributed by atoms with Crippen molar-refractivity contribution in [2.75, 3.05) is 39.9 Å². The zero-order valence-electron chi connectivity index (χ0n) is 26.3. The number of imide groups is 2. The van der Waals surface area contributed by atoms with E-state index >= 15 is 0 Å². The number of carbonyl (C=O) groups excluding carboxylic acids is 5. The van der Waals surface area contributed by atoms with Crippen molar-refractivity contribution in [2.45, 2.75) is 83.4 Å². The van der Waals surface area contributed by atoms with Crippen LogP contribution in [0.3, 0.4) is 0 Å². The molecule has 15 heteroatoms. The molecule has 3 aliphatic heterocycles. The number of piperidine rings is 2. The maximum Gasteiger partial charge on any atom is 0.407 e. The number of benzene rings is 1. The molecule has 4 rings (SSSR count). The van der Waals surface area contributed by atoms with Gasteiger partial charge in [0, 0.05) is 52.4 Å². The lowest BCUT2D eigenvalue weighted by molar-refractivity contribution is -0.136. The molecule has 248 valence electrons. The van der Waals surface area contributed by atoms with Crippen LogP contribution in [0.2, 0.25) is 0 Å². The van der Waals surface area contributed by atoms with Gasteiger partial charge in [0.25, 0.3) is 22.0 Å². The highest BCUT2D eigenvalue weighted by atomic mass is 32.2. The van der Waals surface area contributed by atoms with Crippen molar-refractivity contribution in [1.82, 2.24) is 24.1 Å². The van der Waals surface area contributed by atoms with E-state index in [1.165, 1.54) is 15.7 Å². The molecule has 0 spiro atoms. The SMILES string of the molecule is CN(CCCOCCCc1cccc2c1C(=O)N(C1CCC(=O)NC1=O)C2=O)S(=O)(=O)N1CCC(NC(=O)OC(C)(C)C)CC1. The van der Waals surface area contributed by atoms with Crippen molar-refractivity contribution < 1.29 is 41.9 Å². The third-order valence-electron chi connectivity index (χ3n) is 7.95. The van der Waals surface area contributed by atoms with Crippen LogP contribution in [0, 0.1) is 0 Å². The summed E-state index contributed by atoms with van der Waals surface area (Å²) in [6.45, 7) is 6.94. The smallest absolute Gasteiger partial charge is 0.407 e. The van der Waals surface area contributed by atoms with Gasteiger partial charge in [0.05, 0.1) is 11.1 Å². The molecular weight excluding hydrogens is 606 g/mol. The van der Waals surface area contributed by atoms with E-state index in [0.717, 1.165) is 4.90 Å². The molecule has 1 unspecified atom stereocenters. The average molecular weight is 650 g/mol. The Kier molecular flexibility index (Phi) is 11.0. The highest BCUT2D eigenvalue weighted by Gasteiger charge is 2.45. The van der Waals surface area contributed by atoms with E-state index in [4.69, 9.17) is 9.47 Å². The molecule has 0 bridgehead atoms. The Hall–Kier alpha value is -3.40. The minimum absolute atomic E-state index is 0.0590. The number of nitrogens with zero attached hydrogens (tertiary/aromatic N) is 3. The highest BCUT2D eigenvalue weighted by Crippen LogP contribution is 2.30. The zero-order valence-corrected chi connectivity index (χ0v) is 27.1. The first kappa shape index (κ1) is 34.5. The Morgan fingerprint density at radius 3 is 2.40 bits per heavy atom. The third-order valence-corrected chi connectivity index (χ3v) is 9.93. The van der Waals surface area contributed by atoms with E-state index in [9.17, 15) is 32.4 Å². The van der Waals surface area contributed by atoms with Crippen LogP contribution >= 0.6 is 0 Å². The molecule has 45 heavy (non-hydrogen) atoms. The number of nitrogens with one attached hydrogen (secondary N) is 2. The van der Waals surface area contributed by atoms with Crippen LogP contribution in [0.5, 0.6) is 0 Å². The van der Waals surface area contributed by atoms with Crippen LogP contribution in [0.25, 0.3) is 0 Å². The summed E-state index contributed by atoms with van der Waals surface area (Å²) in [5.74, 6) is -2.14. The Morgan fingerprint density at radius 2 is 1.73 bits per heavy atom. The minimum atomic E-state index is -3.65. The fourth-order valence-electron chi connectivity index (χ4n) is 5.67. The Bertz CT molecular complexity index is 1420. The van der Waals surface area contributed by atoms with Crippen molar-refractivity contribution in [3.8, 4) is 0 Å². The summed E-state index contributed by atoms with van der Waals surface area (Å²) in [6, 6.07) is 3.87. The number of alkyl carbamates (subject to hydrolysis) is 1. The van der Waals surface area contributed by atoms with Gasteiger partial charge in [0.1, 0.15) is 11.6 Å². The maximum atomic E-state index is 13.2. The molecule has 1 aromatic carbocycles. The normalized spacial score (nSPS) is 20.0. The maximum absolute atomic E-state index is 13.2. The number of fused-ring (bicyclic) bond motifs is 1. The second-order valence-corrected chi connectivity index (χ2v) is 14.5. The molecule has 2 saturated heterocycles. The van der Waals surface area contributed by atoms with Gasteiger partial charge in [-0.05, 0) is 70.9 Å². The summed E-state index contributed by atoms with van der Waals surface area (Å²) in [5.41, 5.74) is 0.605. The van der Waals surface area contributed by atoms with E-state index in [-0.39, 0.29) is 36.6 Å². The summed E-state index contributed by atoms with van der Waals surface area (Å²) in [5, 5.41) is 5.01. The molecule has 0 radical (unpaired) electrons. The third kappa shape index (κ3) is 8.45. The highest BCUT2D eigenvalue weighted by molar-refractivity contribution is 7.86. The largest absolute Gasteiger partial charge is 0.444 e. The number of hydrogen-bond donors (Lipinski definition) is 2. The van der Waals surface area contributed by atoms with Crippen LogP contribution in [0.15, 0.2) is 18.2 Å². The molecule has 14 nitrogen and oxygen atoms in total. The van der Waals surface area contributed by atoms with Crippen molar-refractivity contribution in [3.05, 3.63) is 34.9 Å². The van der Waals surface area contributed by atoms with Crippen LogP contribution < -0.4 is 10.6 Å². The number of aryl methyl sites for hydroxylation is 1. The van der Waals surface area contributed by atoms with Gasteiger partial charge in [-0.25, -0.2) is 4.79 Å². The first-order valence-corrected chi connectivity index (χ1v) is 16.7. The second kappa shape index (κ2) is 14.4. The van der Waals surface area contributed by atoms with Crippen LogP contribution in [0.1, 0.15) is 85.6 Å². The molecule has 3 aliphatic rings. The average Bonchev–Trinajstić information content (AvgIpc) is 3.21. The number of hydrogen-bond acceptors (Lipinski definition) is 9. The number of ether oxygens (including phenoxy) is 2. The molecule has 0 aliphatic carbocycles. The fourth-order valence-corrected chi connectivity index (χ4v) is 7.09. The molecule has 3 heterocycles. The van der Waals surface area contributed by atoms with E-state index < -0.39 is 51.6 Å². The van der Waals surface area contributed by atoms with Crippen LogP contribution in [0.4, 0.5) is 4.79 Å².